The van der Waals surface area contributed by atoms with Gasteiger partial charge in [0.15, 0.2) is 34.9 Å². The molecule has 0 aliphatic carbocycles. The summed E-state index contributed by atoms with van der Waals surface area (Å²) in [6.07, 6.45) is 0. The number of benzene rings is 7. The van der Waals surface area contributed by atoms with E-state index < -0.39 is 0 Å². The molecule has 0 atom stereocenters. The fourth-order valence-electron chi connectivity index (χ4n) is 6.43. The van der Waals surface area contributed by atoms with Gasteiger partial charge in [-0.15, -0.1) is 0 Å². The van der Waals surface area contributed by atoms with Crippen molar-refractivity contribution in [2.75, 3.05) is 0 Å². The molecule has 7 aromatic carbocycles. The highest BCUT2D eigenvalue weighted by Crippen LogP contribution is 2.32. The van der Waals surface area contributed by atoms with E-state index >= 15 is 0 Å². The van der Waals surface area contributed by atoms with E-state index in [9.17, 15) is 5.26 Å². The van der Waals surface area contributed by atoms with Crippen LogP contribution in [0.5, 0.6) is 11.5 Å². The molecule has 8 heteroatoms. The average molecular weight is 734 g/mol. The predicted molar refractivity (Wildman–Crippen MR) is 222 cm³/mol. The minimum absolute atomic E-state index is 0.511. The van der Waals surface area contributed by atoms with E-state index in [1.54, 1.807) is 0 Å². The largest absolute Gasteiger partial charge is 0.457 e. The molecule has 0 spiro atoms. The van der Waals surface area contributed by atoms with Crippen LogP contribution in [0.15, 0.2) is 188 Å². The van der Waals surface area contributed by atoms with Gasteiger partial charge in [-0.1, -0.05) is 146 Å². The molecule has 268 valence electrons. The molecule has 2 heterocycles. The van der Waals surface area contributed by atoms with Gasteiger partial charge in [0.05, 0.1) is 11.6 Å². The Labute approximate surface area is 329 Å². The summed E-state index contributed by atoms with van der Waals surface area (Å²) in [7, 11) is 0. The standard InChI is InChI=1S/C49H31N7O/c50-32-40-19-10-11-22-43(40)33-23-25-37(26-24-33)47-54-46(36-17-8-3-9-18-36)55-49(56-47)39-20-12-21-42(31-39)57-41-29-27-38(28-30-41)48-52-44(34-13-4-1-5-14-34)51-45(53-48)35-15-6-2-7-16-35/h1-31H. The number of nitriles is 1. The van der Waals surface area contributed by atoms with Gasteiger partial charge in [0.25, 0.3) is 0 Å². The third kappa shape index (κ3) is 7.63. The van der Waals surface area contributed by atoms with Gasteiger partial charge < -0.3 is 4.74 Å². The molecule has 8 nitrogen and oxygen atoms in total. The first-order valence-electron chi connectivity index (χ1n) is 18.3. The quantitative estimate of drug-likeness (QED) is 0.144. The van der Waals surface area contributed by atoms with Crippen molar-refractivity contribution < 1.29 is 4.74 Å². The summed E-state index contributed by atoms with van der Waals surface area (Å²) in [5, 5.41) is 9.64. The van der Waals surface area contributed by atoms with Crippen LogP contribution < -0.4 is 4.74 Å². The highest BCUT2D eigenvalue weighted by Gasteiger charge is 2.15. The van der Waals surface area contributed by atoms with Gasteiger partial charge in [-0.25, -0.2) is 29.9 Å². The monoisotopic (exact) mass is 733 g/mol. The summed E-state index contributed by atoms with van der Waals surface area (Å²) in [6.45, 7) is 0. The number of rotatable bonds is 9. The molecule has 0 N–H and O–H groups in total. The predicted octanol–water partition coefficient (Wildman–Crippen LogP) is 11.4. The zero-order valence-corrected chi connectivity index (χ0v) is 30.4. The average Bonchev–Trinajstić information content (AvgIpc) is 3.30. The van der Waals surface area contributed by atoms with Crippen LogP contribution in [-0.2, 0) is 0 Å². The molecule has 0 aliphatic heterocycles. The second kappa shape index (κ2) is 15.7. The van der Waals surface area contributed by atoms with E-state index in [0.717, 1.165) is 44.5 Å². The van der Waals surface area contributed by atoms with Crippen molar-refractivity contribution in [1.29, 1.82) is 5.26 Å². The van der Waals surface area contributed by atoms with Crippen molar-refractivity contribution in [2.24, 2.45) is 0 Å². The normalized spacial score (nSPS) is 10.8. The van der Waals surface area contributed by atoms with Crippen LogP contribution in [0.1, 0.15) is 5.56 Å². The van der Waals surface area contributed by atoms with Gasteiger partial charge in [-0.05, 0) is 53.6 Å². The molecule has 0 saturated carbocycles. The number of aromatic nitrogens is 6. The summed E-state index contributed by atoms with van der Waals surface area (Å²) in [5.41, 5.74) is 7.57. The SMILES string of the molecule is N#Cc1ccccc1-c1ccc(-c2nc(-c3ccccc3)nc(-c3cccc(Oc4ccc(-c5nc(-c6ccccc6)nc(-c6ccccc6)n5)cc4)c3)n2)cc1. The maximum atomic E-state index is 9.64. The Morgan fingerprint density at radius 1 is 0.316 bits per heavy atom. The van der Waals surface area contributed by atoms with Crippen LogP contribution in [-0.4, -0.2) is 29.9 Å². The molecule has 0 radical (unpaired) electrons. The van der Waals surface area contributed by atoms with Gasteiger partial charge in [-0.3, -0.25) is 0 Å². The summed E-state index contributed by atoms with van der Waals surface area (Å²) in [4.78, 5) is 29.2. The molecule has 0 saturated heterocycles. The lowest BCUT2D eigenvalue weighted by Crippen LogP contribution is -2.00. The van der Waals surface area contributed by atoms with Crippen LogP contribution in [0.2, 0.25) is 0 Å². The molecule has 0 fully saturated rings. The van der Waals surface area contributed by atoms with Crippen LogP contribution in [0.4, 0.5) is 0 Å². The van der Waals surface area contributed by atoms with Crippen molar-refractivity contribution in [3.63, 3.8) is 0 Å². The van der Waals surface area contributed by atoms with Gasteiger partial charge in [0.1, 0.15) is 11.5 Å². The Hall–Kier alpha value is -8.15. The lowest BCUT2D eigenvalue weighted by Gasteiger charge is -2.11. The van der Waals surface area contributed by atoms with Crippen molar-refractivity contribution in [3.8, 4) is 97.0 Å². The fraction of sp³-hybridized carbons (Fsp3) is 0. The molecule has 0 bridgehead atoms. The molecule has 9 rings (SSSR count). The number of nitrogens with zero attached hydrogens (tertiary/aromatic N) is 7. The van der Waals surface area contributed by atoms with E-state index in [4.69, 9.17) is 34.6 Å². The smallest absolute Gasteiger partial charge is 0.164 e. The topological polar surface area (TPSA) is 110 Å². The molecule has 0 amide bonds. The van der Waals surface area contributed by atoms with Crippen LogP contribution in [0, 0.1) is 11.3 Å². The maximum Gasteiger partial charge on any atom is 0.164 e. The maximum absolute atomic E-state index is 9.64. The molecular weight excluding hydrogens is 703 g/mol. The zero-order chi connectivity index (χ0) is 38.4. The zero-order valence-electron chi connectivity index (χ0n) is 30.4. The Morgan fingerprint density at radius 2 is 0.684 bits per heavy atom. The molecule has 9 aromatic rings. The Morgan fingerprint density at radius 3 is 1.16 bits per heavy atom. The molecule has 2 aromatic heterocycles. The van der Waals surface area contributed by atoms with Crippen LogP contribution >= 0.6 is 0 Å². The molecular formula is C49H31N7O. The first-order chi connectivity index (χ1) is 28.2. The third-order valence-electron chi connectivity index (χ3n) is 9.31. The highest BCUT2D eigenvalue weighted by molar-refractivity contribution is 5.74. The van der Waals surface area contributed by atoms with E-state index in [-0.39, 0.29) is 0 Å². The van der Waals surface area contributed by atoms with Crippen LogP contribution in [0.25, 0.3) is 79.5 Å². The minimum atomic E-state index is 0.511. The molecule has 0 unspecified atom stereocenters. The van der Waals surface area contributed by atoms with E-state index in [0.29, 0.717) is 52.0 Å². The highest BCUT2D eigenvalue weighted by atomic mass is 16.5. The van der Waals surface area contributed by atoms with Crippen molar-refractivity contribution >= 4 is 0 Å². The lowest BCUT2D eigenvalue weighted by molar-refractivity contribution is 0.483. The lowest BCUT2D eigenvalue weighted by atomic mass is 9.99. The second-order valence-electron chi connectivity index (χ2n) is 13.1. The third-order valence-corrected chi connectivity index (χ3v) is 9.31. The summed E-state index contributed by atoms with van der Waals surface area (Å²) >= 11 is 0. The summed E-state index contributed by atoms with van der Waals surface area (Å²) in [6, 6.07) is 62.9. The first kappa shape index (κ1) is 34.6. The fourth-order valence-corrected chi connectivity index (χ4v) is 6.43. The Bertz CT molecular complexity index is 2800. The van der Waals surface area contributed by atoms with Gasteiger partial charge >= 0.3 is 0 Å². The van der Waals surface area contributed by atoms with E-state index in [1.807, 2.05) is 188 Å². The number of hydrogen-bond donors (Lipinski definition) is 0. The Balaban J connectivity index is 1.01. The van der Waals surface area contributed by atoms with Gasteiger partial charge in [0, 0.05) is 33.4 Å². The van der Waals surface area contributed by atoms with Crippen LogP contribution in [0.3, 0.4) is 0 Å². The first-order valence-corrected chi connectivity index (χ1v) is 18.3. The Kier molecular flexibility index (Phi) is 9.52. The summed E-state index contributed by atoms with van der Waals surface area (Å²) < 4.78 is 6.37. The number of ether oxygens (including phenoxy) is 1. The van der Waals surface area contributed by atoms with Crippen molar-refractivity contribution in [1.82, 2.24) is 29.9 Å². The number of hydrogen-bond acceptors (Lipinski definition) is 8. The summed E-state index contributed by atoms with van der Waals surface area (Å²) in [5.74, 6) is 4.65. The van der Waals surface area contributed by atoms with Gasteiger partial charge in [0.2, 0.25) is 0 Å². The molecule has 0 aliphatic rings. The molecule has 57 heavy (non-hydrogen) atoms. The van der Waals surface area contributed by atoms with Crippen molar-refractivity contribution in [2.45, 2.75) is 0 Å². The van der Waals surface area contributed by atoms with Gasteiger partial charge in [-0.2, -0.15) is 5.26 Å². The minimum Gasteiger partial charge on any atom is -0.457 e. The second-order valence-corrected chi connectivity index (χ2v) is 13.1. The van der Waals surface area contributed by atoms with Crippen molar-refractivity contribution in [3.05, 3.63) is 194 Å². The van der Waals surface area contributed by atoms with E-state index in [1.165, 1.54) is 0 Å². The van der Waals surface area contributed by atoms with E-state index in [2.05, 4.69) is 6.07 Å².